The van der Waals surface area contributed by atoms with Crippen LogP contribution in [0.3, 0.4) is 0 Å². The third kappa shape index (κ3) is 3.28. The Morgan fingerprint density at radius 2 is 1.86 bits per heavy atom. The van der Waals surface area contributed by atoms with Gasteiger partial charge in [0.05, 0.1) is 17.8 Å². The molecule has 2 aromatic carbocycles. The Bertz CT molecular complexity index is 896. The Kier molecular flexibility index (Phi) is 4.34. The largest absolute Gasteiger partial charge is 0.370 e. The number of nitrogens with zero attached hydrogens (tertiary/aromatic N) is 1. The van der Waals surface area contributed by atoms with Gasteiger partial charge < -0.3 is 15.4 Å². The van der Waals surface area contributed by atoms with Crippen molar-refractivity contribution in [3.63, 3.8) is 0 Å². The molecule has 1 amide bonds. The first-order valence-corrected chi connectivity index (χ1v) is 10.2. The van der Waals surface area contributed by atoms with Gasteiger partial charge in [-0.25, -0.2) is 0 Å². The first-order valence-electron chi connectivity index (χ1n) is 9.85. The number of amides is 1. The molecule has 3 aliphatic rings. The summed E-state index contributed by atoms with van der Waals surface area (Å²) in [5, 5.41) is 7.24. The highest BCUT2D eigenvalue weighted by Gasteiger charge is 2.53. The summed E-state index contributed by atoms with van der Waals surface area (Å²) in [7, 11) is 0. The van der Waals surface area contributed by atoms with E-state index < -0.39 is 5.66 Å². The van der Waals surface area contributed by atoms with Crippen molar-refractivity contribution in [2.75, 3.05) is 25.0 Å². The van der Waals surface area contributed by atoms with Crippen LogP contribution >= 0.6 is 11.6 Å². The first kappa shape index (κ1) is 18.0. The lowest BCUT2D eigenvalue weighted by atomic mass is 9.84. The highest BCUT2D eigenvalue weighted by Crippen LogP contribution is 2.43. The van der Waals surface area contributed by atoms with E-state index in [-0.39, 0.29) is 11.5 Å². The van der Waals surface area contributed by atoms with Crippen molar-refractivity contribution in [2.45, 2.75) is 37.1 Å². The summed E-state index contributed by atoms with van der Waals surface area (Å²) >= 11 is 6.04. The Morgan fingerprint density at radius 3 is 2.64 bits per heavy atom. The van der Waals surface area contributed by atoms with Gasteiger partial charge in [0.2, 0.25) is 0 Å². The molecule has 0 saturated carbocycles. The number of carbonyl (C=O) groups is 1. The second kappa shape index (κ2) is 6.76. The summed E-state index contributed by atoms with van der Waals surface area (Å²) in [6.07, 6.45) is 2.74. The molecule has 0 aromatic heterocycles. The van der Waals surface area contributed by atoms with Crippen LogP contribution in [0.1, 0.15) is 35.2 Å². The number of carbonyl (C=O) groups excluding carboxylic acids is 1. The molecule has 28 heavy (non-hydrogen) atoms. The highest BCUT2D eigenvalue weighted by molar-refractivity contribution is 6.31. The number of fused-ring (bicyclic) bond motifs is 1. The first-order chi connectivity index (χ1) is 13.5. The molecule has 6 heteroatoms. The van der Waals surface area contributed by atoms with E-state index >= 15 is 0 Å². The second-order valence-electron chi connectivity index (χ2n) is 8.26. The van der Waals surface area contributed by atoms with E-state index in [0.717, 1.165) is 44.6 Å². The molecule has 0 radical (unpaired) electrons. The van der Waals surface area contributed by atoms with Crippen molar-refractivity contribution >= 4 is 23.2 Å². The molecule has 2 spiro atoms. The van der Waals surface area contributed by atoms with E-state index in [1.165, 1.54) is 5.56 Å². The van der Waals surface area contributed by atoms with Gasteiger partial charge in [-0.1, -0.05) is 41.9 Å². The number of anilines is 1. The standard InChI is InChI=1S/C22H24ClN3O2/c23-17-6-7-19-18(12-17)20(27)25-22(24-19)14-21(28-15-22)8-10-26(11-9-21)13-16-4-2-1-3-5-16/h1-7,12,24H,8-11,13-15H2,(H,25,27)/t22-/m1/s1. The minimum absolute atomic E-state index is 0.0848. The number of hydrogen-bond donors (Lipinski definition) is 2. The van der Waals surface area contributed by atoms with Gasteiger partial charge in [-0.2, -0.15) is 0 Å². The lowest BCUT2D eigenvalue weighted by Crippen LogP contribution is -2.59. The number of benzene rings is 2. The van der Waals surface area contributed by atoms with Crippen LogP contribution in [0.25, 0.3) is 0 Å². The summed E-state index contributed by atoms with van der Waals surface area (Å²) in [6.45, 7) is 3.47. The van der Waals surface area contributed by atoms with Crippen LogP contribution in [0, 0.1) is 0 Å². The van der Waals surface area contributed by atoms with Crippen molar-refractivity contribution in [3.8, 4) is 0 Å². The van der Waals surface area contributed by atoms with Crippen molar-refractivity contribution in [1.29, 1.82) is 0 Å². The maximum Gasteiger partial charge on any atom is 0.255 e. The van der Waals surface area contributed by atoms with Crippen molar-refractivity contribution in [1.82, 2.24) is 10.2 Å². The average molecular weight is 398 g/mol. The van der Waals surface area contributed by atoms with Crippen molar-refractivity contribution in [2.24, 2.45) is 0 Å². The molecule has 2 N–H and O–H groups in total. The molecule has 1 atom stereocenters. The van der Waals surface area contributed by atoms with Gasteiger partial charge in [-0.05, 0) is 36.6 Å². The lowest BCUT2D eigenvalue weighted by Gasteiger charge is -2.41. The number of likely N-dealkylation sites (tertiary alicyclic amines) is 1. The Hall–Kier alpha value is -2.08. The molecule has 0 bridgehead atoms. The predicted molar refractivity (Wildman–Crippen MR) is 110 cm³/mol. The summed E-state index contributed by atoms with van der Waals surface area (Å²) in [5.41, 5.74) is 2.07. The Labute approximate surface area is 170 Å². The number of piperidine rings is 1. The SMILES string of the molecule is O=C1N[C@]2(COC3(CCN(Cc4ccccc4)CC3)C2)Nc2ccc(Cl)cc21. The summed E-state index contributed by atoms with van der Waals surface area (Å²) in [5.74, 6) is -0.0848. The summed E-state index contributed by atoms with van der Waals surface area (Å²) in [4.78, 5) is 15.1. The molecule has 5 rings (SSSR count). The van der Waals surface area contributed by atoms with Crippen LogP contribution < -0.4 is 10.6 Å². The van der Waals surface area contributed by atoms with E-state index in [1.807, 2.05) is 12.1 Å². The number of hydrogen-bond acceptors (Lipinski definition) is 4. The van der Waals surface area contributed by atoms with Crippen LogP contribution in [-0.4, -0.2) is 41.8 Å². The smallest absolute Gasteiger partial charge is 0.255 e. The van der Waals surface area contributed by atoms with Gasteiger partial charge in [0.1, 0.15) is 5.66 Å². The maximum atomic E-state index is 12.7. The van der Waals surface area contributed by atoms with E-state index in [4.69, 9.17) is 16.3 Å². The number of rotatable bonds is 2. The molecular formula is C22H24ClN3O2. The monoisotopic (exact) mass is 397 g/mol. The van der Waals surface area contributed by atoms with Gasteiger partial charge in [0.15, 0.2) is 0 Å². The second-order valence-corrected chi connectivity index (χ2v) is 8.70. The number of halogens is 1. The Balaban J connectivity index is 1.26. The minimum Gasteiger partial charge on any atom is -0.370 e. The van der Waals surface area contributed by atoms with E-state index in [0.29, 0.717) is 17.2 Å². The van der Waals surface area contributed by atoms with Crippen LogP contribution in [0.4, 0.5) is 5.69 Å². The average Bonchev–Trinajstić information content (AvgIpc) is 3.03. The fourth-order valence-electron chi connectivity index (χ4n) is 4.76. The van der Waals surface area contributed by atoms with E-state index in [1.54, 1.807) is 6.07 Å². The van der Waals surface area contributed by atoms with Crippen LogP contribution in [0.2, 0.25) is 5.02 Å². The predicted octanol–water partition coefficient (Wildman–Crippen LogP) is 3.65. The van der Waals surface area contributed by atoms with Crippen LogP contribution in [-0.2, 0) is 11.3 Å². The molecule has 0 unspecified atom stereocenters. The molecule has 2 saturated heterocycles. The zero-order valence-electron chi connectivity index (χ0n) is 15.7. The maximum absolute atomic E-state index is 12.7. The molecule has 2 fully saturated rings. The van der Waals surface area contributed by atoms with Gasteiger partial charge in [0.25, 0.3) is 5.91 Å². The third-order valence-corrected chi connectivity index (χ3v) is 6.45. The fraction of sp³-hybridized carbons (Fsp3) is 0.409. The third-order valence-electron chi connectivity index (χ3n) is 6.22. The highest BCUT2D eigenvalue weighted by atomic mass is 35.5. The van der Waals surface area contributed by atoms with Gasteiger partial charge >= 0.3 is 0 Å². The van der Waals surface area contributed by atoms with Gasteiger partial charge in [0, 0.05) is 36.8 Å². The number of nitrogens with one attached hydrogen (secondary N) is 2. The molecule has 146 valence electrons. The topological polar surface area (TPSA) is 53.6 Å². The molecule has 0 aliphatic carbocycles. The molecule has 3 aliphatic heterocycles. The van der Waals surface area contributed by atoms with Crippen molar-refractivity contribution in [3.05, 3.63) is 64.7 Å². The van der Waals surface area contributed by atoms with Crippen LogP contribution in [0.5, 0.6) is 0 Å². The summed E-state index contributed by atoms with van der Waals surface area (Å²) < 4.78 is 6.33. The Morgan fingerprint density at radius 1 is 1.07 bits per heavy atom. The molecular weight excluding hydrogens is 374 g/mol. The van der Waals surface area contributed by atoms with Crippen LogP contribution in [0.15, 0.2) is 48.5 Å². The normalized spacial score (nSPS) is 26.1. The molecule has 3 heterocycles. The van der Waals surface area contributed by atoms with Crippen molar-refractivity contribution < 1.29 is 9.53 Å². The van der Waals surface area contributed by atoms with E-state index in [2.05, 4.69) is 45.9 Å². The summed E-state index contributed by atoms with van der Waals surface area (Å²) in [6, 6.07) is 16.0. The minimum atomic E-state index is -0.528. The zero-order chi connectivity index (χ0) is 19.2. The zero-order valence-corrected chi connectivity index (χ0v) is 16.5. The van der Waals surface area contributed by atoms with Gasteiger partial charge in [-0.3, -0.25) is 9.69 Å². The number of ether oxygens (including phenoxy) is 1. The van der Waals surface area contributed by atoms with Gasteiger partial charge in [-0.15, -0.1) is 0 Å². The van der Waals surface area contributed by atoms with E-state index in [9.17, 15) is 4.79 Å². The lowest BCUT2D eigenvalue weighted by molar-refractivity contribution is -0.0452. The molecule has 5 nitrogen and oxygen atoms in total. The quantitative estimate of drug-likeness (QED) is 0.812. The molecule has 2 aromatic rings. The fourth-order valence-corrected chi connectivity index (χ4v) is 4.93.